The van der Waals surface area contributed by atoms with Gasteiger partial charge in [-0.3, -0.25) is 9.10 Å². The van der Waals surface area contributed by atoms with Gasteiger partial charge in [0.2, 0.25) is 0 Å². The van der Waals surface area contributed by atoms with Gasteiger partial charge in [0.25, 0.3) is 15.9 Å². The van der Waals surface area contributed by atoms with Crippen LogP contribution >= 0.6 is 11.3 Å². The van der Waals surface area contributed by atoms with Crippen LogP contribution in [0.15, 0.2) is 83.8 Å². The second-order valence-corrected chi connectivity index (χ2v) is 9.86. The van der Waals surface area contributed by atoms with Gasteiger partial charge in [-0.25, -0.2) is 8.42 Å². The topological polar surface area (TPSA) is 75.7 Å². The standard InChI is InChI=1S/C23H20N2O4S2/c1-25(31(27,28)20-9-4-3-5-10-20)18-11-12-21-16(13-18)14-22(30-21)23(26)24-17-7-6-8-19(15-17)29-2/h3-15H,1-2H3,(H,24,26). The van der Waals surface area contributed by atoms with Gasteiger partial charge in [-0.15, -0.1) is 11.3 Å². The Balaban J connectivity index is 1.60. The molecule has 0 unspecified atom stereocenters. The molecular formula is C23H20N2O4S2. The molecule has 4 aromatic rings. The molecule has 0 aliphatic heterocycles. The number of ether oxygens (including phenoxy) is 1. The van der Waals surface area contributed by atoms with Crippen molar-refractivity contribution in [2.75, 3.05) is 23.8 Å². The average Bonchev–Trinajstić information content (AvgIpc) is 3.23. The zero-order valence-electron chi connectivity index (χ0n) is 16.9. The summed E-state index contributed by atoms with van der Waals surface area (Å²) in [7, 11) is -0.583. The number of hydrogen-bond donors (Lipinski definition) is 1. The molecule has 0 fully saturated rings. The zero-order chi connectivity index (χ0) is 22.0. The minimum atomic E-state index is -3.67. The van der Waals surface area contributed by atoms with E-state index < -0.39 is 10.0 Å². The number of nitrogens with zero attached hydrogens (tertiary/aromatic N) is 1. The molecule has 0 saturated carbocycles. The largest absolute Gasteiger partial charge is 0.497 e. The summed E-state index contributed by atoms with van der Waals surface area (Å²) in [5.41, 5.74) is 1.16. The van der Waals surface area contributed by atoms with Crippen molar-refractivity contribution in [2.45, 2.75) is 4.90 Å². The Hall–Kier alpha value is -3.36. The predicted octanol–water partition coefficient (Wildman–Crippen LogP) is 4.99. The number of carbonyl (C=O) groups excluding carboxylic acids is 1. The van der Waals surface area contributed by atoms with E-state index in [2.05, 4.69) is 5.32 Å². The van der Waals surface area contributed by atoms with E-state index in [0.717, 1.165) is 10.1 Å². The highest BCUT2D eigenvalue weighted by molar-refractivity contribution is 7.92. The third-order valence-electron chi connectivity index (χ3n) is 4.82. The van der Waals surface area contributed by atoms with Gasteiger partial charge < -0.3 is 10.1 Å². The van der Waals surface area contributed by atoms with Gasteiger partial charge in [-0.2, -0.15) is 0 Å². The fourth-order valence-electron chi connectivity index (χ4n) is 3.12. The normalized spacial score (nSPS) is 11.3. The van der Waals surface area contributed by atoms with Gasteiger partial charge in [-0.1, -0.05) is 24.3 Å². The number of benzene rings is 3. The molecule has 0 aliphatic rings. The van der Waals surface area contributed by atoms with E-state index in [-0.39, 0.29) is 10.8 Å². The monoisotopic (exact) mass is 452 g/mol. The Morgan fingerprint density at radius 1 is 0.968 bits per heavy atom. The first-order valence-electron chi connectivity index (χ1n) is 9.41. The van der Waals surface area contributed by atoms with Crippen LogP contribution in [0, 0.1) is 0 Å². The van der Waals surface area contributed by atoms with Gasteiger partial charge in [0, 0.05) is 23.5 Å². The Bertz CT molecular complexity index is 1350. The lowest BCUT2D eigenvalue weighted by atomic mass is 10.2. The predicted molar refractivity (Wildman–Crippen MR) is 125 cm³/mol. The molecule has 1 aromatic heterocycles. The Labute approximate surface area is 184 Å². The zero-order valence-corrected chi connectivity index (χ0v) is 18.5. The maximum atomic E-state index is 12.9. The number of fused-ring (bicyclic) bond motifs is 1. The summed E-state index contributed by atoms with van der Waals surface area (Å²) in [6.07, 6.45) is 0. The number of anilines is 2. The molecule has 1 heterocycles. The molecule has 6 nitrogen and oxygen atoms in total. The van der Waals surface area contributed by atoms with Crippen molar-refractivity contribution in [3.63, 3.8) is 0 Å². The van der Waals surface area contributed by atoms with Crippen LogP contribution in [0.3, 0.4) is 0 Å². The van der Waals surface area contributed by atoms with Crippen LogP contribution in [0.1, 0.15) is 9.67 Å². The quantitative estimate of drug-likeness (QED) is 0.447. The van der Waals surface area contributed by atoms with Crippen LogP contribution in [0.4, 0.5) is 11.4 Å². The Morgan fingerprint density at radius 3 is 2.48 bits per heavy atom. The Kier molecular flexibility index (Phi) is 5.67. The summed E-state index contributed by atoms with van der Waals surface area (Å²) in [4.78, 5) is 13.5. The van der Waals surface area contributed by atoms with E-state index in [1.54, 1.807) is 79.9 Å². The van der Waals surface area contributed by atoms with Crippen molar-refractivity contribution in [2.24, 2.45) is 0 Å². The van der Waals surface area contributed by atoms with E-state index in [1.807, 2.05) is 6.07 Å². The molecule has 0 atom stereocenters. The molecule has 0 aliphatic carbocycles. The molecule has 158 valence electrons. The third-order valence-corrected chi connectivity index (χ3v) is 7.73. The van der Waals surface area contributed by atoms with Crippen molar-refractivity contribution in [3.8, 4) is 5.75 Å². The number of carbonyl (C=O) groups is 1. The number of nitrogens with one attached hydrogen (secondary N) is 1. The number of thiophene rings is 1. The number of hydrogen-bond acceptors (Lipinski definition) is 5. The van der Waals surface area contributed by atoms with E-state index >= 15 is 0 Å². The number of rotatable bonds is 6. The molecule has 3 aromatic carbocycles. The summed E-state index contributed by atoms with van der Waals surface area (Å²) in [6.45, 7) is 0. The molecule has 8 heteroatoms. The smallest absolute Gasteiger partial charge is 0.265 e. The van der Waals surface area contributed by atoms with Crippen molar-refractivity contribution in [1.82, 2.24) is 0 Å². The maximum Gasteiger partial charge on any atom is 0.265 e. The first kappa shape index (κ1) is 20.9. The lowest BCUT2D eigenvalue weighted by molar-refractivity contribution is 0.103. The van der Waals surface area contributed by atoms with Crippen LogP contribution in [0.25, 0.3) is 10.1 Å². The van der Waals surface area contributed by atoms with Crippen LogP contribution < -0.4 is 14.4 Å². The second kappa shape index (κ2) is 8.41. The van der Waals surface area contributed by atoms with Gasteiger partial charge in [0.15, 0.2) is 0 Å². The van der Waals surface area contributed by atoms with Crippen molar-refractivity contribution in [3.05, 3.63) is 83.7 Å². The van der Waals surface area contributed by atoms with Gasteiger partial charge in [0.1, 0.15) is 5.75 Å². The number of amides is 1. The van der Waals surface area contributed by atoms with Crippen molar-refractivity contribution < 1.29 is 17.9 Å². The molecule has 0 radical (unpaired) electrons. The number of sulfonamides is 1. The summed E-state index contributed by atoms with van der Waals surface area (Å²) in [6, 6.07) is 22.5. The molecule has 1 amide bonds. The van der Waals surface area contributed by atoms with Crippen molar-refractivity contribution >= 4 is 48.7 Å². The van der Waals surface area contributed by atoms with Crippen LogP contribution in [0.5, 0.6) is 5.75 Å². The number of methoxy groups -OCH3 is 1. The van der Waals surface area contributed by atoms with Crippen LogP contribution in [-0.2, 0) is 10.0 Å². The molecule has 0 spiro atoms. The maximum absolute atomic E-state index is 12.9. The molecule has 31 heavy (non-hydrogen) atoms. The SMILES string of the molecule is COc1cccc(NC(=O)c2cc3cc(N(C)S(=O)(=O)c4ccccc4)ccc3s2)c1. The van der Waals surface area contributed by atoms with Gasteiger partial charge >= 0.3 is 0 Å². The highest BCUT2D eigenvalue weighted by atomic mass is 32.2. The van der Waals surface area contributed by atoms with Crippen LogP contribution in [0.2, 0.25) is 0 Å². The lowest BCUT2D eigenvalue weighted by Gasteiger charge is -2.19. The fourth-order valence-corrected chi connectivity index (χ4v) is 5.27. The molecule has 0 bridgehead atoms. The highest BCUT2D eigenvalue weighted by Gasteiger charge is 2.21. The highest BCUT2D eigenvalue weighted by Crippen LogP contribution is 2.31. The van der Waals surface area contributed by atoms with Gasteiger partial charge in [0.05, 0.1) is 22.6 Å². The van der Waals surface area contributed by atoms with E-state index in [9.17, 15) is 13.2 Å². The van der Waals surface area contributed by atoms with Crippen molar-refractivity contribution in [1.29, 1.82) is 0 Å². The van der Waals surface area contributed by atoms with E-state index in [1.165, 1.54) is 22.7 Å². The third kappa shape index (κ3) is 4.26. The molecular weight excluding hydrogens is 432 g/mol. The summed E-state index contributed by atoms with van der Waals surface area (Å²) >= 11 is 1.35. The van der Waals surface area contributed by atoms with E-state index in [4.69, 9.17) is 4.74 Å². The summed E-state index contributed by atoms with van der Waals surface area (Å²) in [5, 5.41) is 3.66. The summed E-state index contributed by atoms with van der Waals surface area (Å²) in [5.74, 6) is 0.419. The minimum Gasteiger partial charge on any atom is -0.497 e. The fraction of sp³-hybridized carbons (Fsp3) is 0.0870. The molecule has 4 rings (SSSR count). The summed E-state index contributed by atoms with van der Waals surface area (Å²) < 4.78 is 33.1. The van der Waals surface area contributed by atoms with E-state index in [0.29, 0.717) is 22.0 Å². The molecule has 1 N–H and O–H groups in total. The lowest BCUT2D eigenvalue weighted by Crippen LogP contribution is -2.26. The first-order valence-corrected chi connectivity index (χ1v) is 11.7. The minimum absolute atomic E-state index is 0.223. The second-order valence-electron chi connectivity index (χ2n) is 6.80. The molecule has 0 saturated heterocycles. The first-order chi connectivity index (χ1) is 14.9. The Morgan fingerprint density at radius 2 is 1.74 bits per heavy atom. The van der Waals surface area contributed by atoms with Gasteiger partial charge in [-0.05, 0) is 53.9 Å². The average molecular weight is 453 g/mol. The van der Waals surface area contributed by atoms with Crippen LogP contribution in [-0.4, -0.2) is 28.5 Å².